The van der Waals surface area contributed by atoms with E-state index in [2.05, 4.69) is 5.32 Å². The monoisotopic (exact) mass is 272 g/mol. The molecule has 4 heteroatoms. The van der Waals surface area contributed by atoms with E-state index in [1.807, 2.05) is 23.1 Å². The standard InChI is InChI=1S/C16H20N2O2/c1-11(19)10-12-4-2-6-15-13(12)7-9-18(15)16(20)14-5-3-8-17-14/h2,4,6,14,17H,3,5,7-10H2,1H3. The van der Waals surface area contributed by atoms with Crippen LogP contribution in [-0.2, 0) is 22.4 Å². The number of nitrogens with zero attached hydrogens (tertiary/aromatic N) is 1. The minimum Gasteiger partial charge on any atom is -0.310 e. The van der Waals surface area contributed by atoms with Gasteiger partial charge in [-0.1, -0.05) is 12.1 Å². The summed E-state index contributed by atoms with van der Waals surface area (Å²) < 4.78 is 0. The molecule has 0 bridgehead atoms. The van der Waals surface area contributed by atoms with Gasteiger partial charge in [0.1, 0.15) is 5.78 Å². The van der Waals surface area contributed by atoms with E-state index in [0.717, 1.165) is 43.6 Å². The maximum Gasteiger partial charge on any atom is 0.244 e. The summed E-state index contributed by atoms with van der Waals surface area (Å²) in [5.41, 5.74) is 3.25. The summed E-state index contributed by atoms with van der Waals surface area (Å²) in [7, 11) is 0. The average molecular weight is 272 g/mol. The predicted octanol–water partition coefficient (Wildman–Crippen LogP) is 1.46. The van der Waals surface area contributed by atoms with Gasteiger partial charge >= 0.3 is 0 Å². The number of hydrogen-bond donors (Lipinski definition) is 1. The fourth-order valence-electron chi connectivity index (χ4n) is 3.25. The normalized spacial score (nSPS) is 21.1. The zero-order valence-electron chi connectivity index (χ0n) is 11.8. The van der Waals surface area contributed by atoms with Gasteiger partial charge in [-0.15, -0.1) is 0 Å². The van der Waals surface area contributed by atoms with E-state index in [1.165, 1.54) is 5.56 Å². The highest BCUT2D eigenvalue weighted by atomic mass is 16.2. The van der Waals surface area contributed by atoms with E-state index < -0.39 is 0 Å². The van der Waals surface area contributed by atoms with Crippen molar-refractivity contribution < 1.29 is 9.59 Å². The quantitative estimate of drug-likeness (QED) is 0.906. The summed E-state index contributed by atoms with van der Waals surface area (Å²) in [6.07, 6.45) is 3.32. The van der Waals surface area contributed by atoms with Crippen LogP contribution in [0.25, 0.3) is 0 Å². The topological polar surface area (TPSA) is 49.4 Å². The molecule has 2 heterocycles. The molecule has 1 amide bonds. The molecule has 2 aliphatic heterocycles. The molecule has 1 saturated heterocycles. The van der Waals surface area contributed by atoms with Crippen molar-refractivity contribution in [3.63, 3.8) is 0 Å². The van der Waals surface area contributed by atoms with Gasteiger partial charge in [-0.3, -0.25) is 9.59 Å². The van der Waals surface area contributed by atoms with Crippen LogP contribution in [0, 0.1) is 0 Å². The highest BCUT2D eigenvalue weighted by Gasteiger charge is 2.32. The molecule has 106 valence electrons. The van der Waals surface area contributed by atoms with Crippen molar-refractivity contribution in [3.05, 3.63) is 29.3 Å². The molecule has 1 unspecified atom stereocenters. The lowest BCUT2D eigenvalue weighted by molar-refractivity contribution is -0.120. The fourth-order valence-corrected chi connectivity index (χ4v) is 3.25. The average Bonchev–Trinajstić information content (AvgIpc) is 3.07. The molecule has 0 spiro atoms. The number of fused-ring (bicyclic) bond motifs is 1. The highest BCUT2D eigenvalue weighted by Crippen LogP contribution is 2.32. The first-order valence-corrected chi connectivity index (χ1v) is 7.32. The third kappa shape index (κ3) is 2.36. The van der Waals surface area contributed by atoms with Gasteiger partial charge in [-0.2, -0.15) is 0 Å². The zero-order valence-corrected chi connectivity index (χ0v) is 11.8. The van der Waals surface area contributed by atoms with Crippen LogP contribution in [0.1, 0.15) is 30.9 Å². The van der Waals surface area contributed by atoms with E-state index in [0.29, 0.717) is 6.42 Å². The van der Waals surface area contributed by atoms with Crippen molar-refractivity contribution >= 4 is 17.4 Å². The Labute approximate surface area is 119 Å². The Hall–Kier alpha value is -1.68. The number of nitrogens with one attached hydrogen (secondary N) is 1. The smallest absolute Gasteiger partial charge is 0.244 e. The van der Waals surface area contributed by atoms with Gasteiger partial charge in [-0.05, 0) is 49.9 Å². The number of ketones is 1. The second-order valence-corrected chi connectivity index (χ2v) is 5.68. The van der Waals surface area contributed by atoms with Crippen LogP contribution in [0.15, 0.2) is 18.2 Å². The van der Waals surface area contributed by atoms with Crippen LogP contribution >= 0.6 is 0 Å². The highest BCUT2D eigenvalue weighted by molar-refractivity contribution is 5.99. The van der Waals surface area contributed by atoms with Crippen LogP contribution in [0.3, 0.4) is 0 Å². The minimum atomic E-state index is -0.0302. The zero-order chi connectivity index (χ0) is 14.1. The van der Waals surface area contributed by atoms with Gasteiger partial charge in [0.25, 0.3) is 0 Å². The second kappa shape index (κ2) is 5.37. The first-order valence-electron chi connectivity index (χ1n) is 7.32. The van der Waals surface area contributed by atoms with Crippen LogP contribution in [0.5, 0.6) is 0 Å². The van der Waals surface area contributed by atoms with Gasteiger partial charge in [0.15, 0.2) is 0 Å². The molecule has 1 aromatic rings. The molecule has 0 aliphatic carbocycles. The van der Waals surface area contributed by atoms with Gasteiger partial charge in [0, 0.05) is 18.7 Å². The summed E-state index contributed by atoms with van der Waals surface area (Å²) in [6.45, 7) is 3.28. The number of rotatable bonds is 3. The van der Waals surface area contributed by atoms with Crippen molar-refractivity contribution in [2.45, 2.75) is 38.6 Å². The summed E-state index contributed by atoms with van der Waals surface area (Å²) in [5.74, 6) is 0.349. The molecule has 0 saturated carbocycles. The number of benzene rings is 1. The number of carbonyl (C=O) groups excluding carboxylic acids is 2. The molecule has 0 radical (unpaired) electrons. The Bertz CT molecular complexity index is 547. The molecule has 3 rings (SSSR count). The Morgan fingerprint density at radius 1 is 1.40 bits per heavy atom. The van der Waals surface area contributed by atoms with Crippen molar-refractivity contribution in [1.29, 1.82) is 0 Å². The number of amides is 1. The SMILES string of the molecule is CC(=O)Cc1cccc2c1CCN2C(=O)C1CCCN1. The van der Waals surface area contributed by atoms with Gasteiger partial charge < -0.3 is 10.2 Å². The van der Waals surface area contributed by atoms with Crippen LogP contribution in [-0.4, -0.2) is 30.8 Å². The van der Waals surface area contributed by atoms with Crippen molar-refractivity contribution in [3.8, 4) is 0 Å². The van der Waals surface area contributed by atoms with Crippen molar-refractivity contribution in [2.75, 3.05) is 18.0 Å². The lowest BCUT2D eigenvalue weighted by atomic mass is 10.0. The van der Waals surface area contributed by atoms with E-state index in [-0.39, 0.29) is 17.7 Å². The van der Waals surface area contributed by atoms with Gasteiger partial charge in [-0.25, -0.2) is 0 Å². The third-order valence-corrected chi connectivity index (χ3v) is 4.19. The van der Waals surface area contributed by atoms with Crippen LogP contribution in [0.2, 0.25) is 0 Å². The maximum atomic E-state index is 12.5. The molecule has 4 nitrogen and oxygen atoms in total. The summed E-state index contributed by atoms with van der Waals surface area (Å²) in [4.78, 5) is 25.8. The van der Waals surface area contributed by atoms with Crippen molar-refractivity contribution in [2.24, 2.45) is 0 Å². The maximum absolute atomic E-state index is 12.5. The Morgan fingerprint density at radius 2 is 2.25 bits per heavy atom. The molecule has 1 fully saturated rings. The molecule has 0 aromatic heterocycles. The van der Waals surface area contributed by atoms with Crippen LogP contribution in [0.4, 0.5) is 5.69 Å². The molecule has 2 aliphatic rings. The molecule has 1 N–H and O–H groups in total. The predicted molar refractivity (Wildman–Crippen MR) is 77.9 cm³/mol. The lowest BCUT2D eigenvalue weighted by Crippen LogP contribution is -2.42. The van der Waals surface area contributed by atoms with Gasteiger partial charge in [0.05, 0.1) is 6.04 Å². The number of hydrogen-bond acceptors (Lipinski definition) is 3. The van der Waals surface area contributed by atoms with E-state index >= 15 is 0 Å². The first kappa shape index (κ1) is 13.3. The first-order chi connectivity index (χ1) is 9.66. The lowest BCUT2D eigenvalue weighted by Gasteiger charge is -2.21. The fraction of sp³-hybridized carbons (Fsp3) is 0.500. The minimum absolute atomic E-state index is 0.0302. The summed E-state index contributed by atoms with van der Waals surface area (Å²) in [6, 6.07) is 5.92. The molecular weight excluding hydrogens is 252 g/mol. The number of carbonyl (C=O) groups is 2. The summed E-state index contributed by atoms with van der Waals surface area (Å²) >= 11 is 0. The Morgan fingerprint density at radius 3 is 2.95 bits per heavy atom. The molecular formula is C16H20N2O2. The van der Waals surface area contributed by atoms with E-state index in [9.17, 15) is 9.59 Å². The Balaban J connectivity index is 1.86. The second-order valence-electron chi connectivity index (χ2n) is 5.68. The van der Waals surface area contributed by atoms with Crippen molar-refractivity contribution in [1.82, 2.24) is 5.32 Å². The molecule has 1 atom stereocenters. The molecule has 1 aromatic carbocycles. The number of Topliss-reactive ketones (excluding diaryl/α,β-unsaturated/α-hetero) is 1. The largest absolute Gasteiger partial charge is 0.310 e. The summed E-state index contributed by atoms with van der Waals surface area (Å²) in [5, 5.41) is 3.27. The van der Waals surface area contributed by atoms with Gasteiger partial charge in [0.2, 0.25) is 5.91 Å². The Kier molecular flexibility index (Phi) is 3.57. The van der Waals surface area contributed by atoms with E-state index in [4.69, 9.17) is 0 Å². The van der Waals surface area contributed by atoms with E-state index in [1.54, 1.807) is 6.92 Å². The molecule has 20 heavy (non-hydrogen) atoms. The van der Waals surface area contributed by atoms with Crippen LogP contribution < -0.4 is 10.2 Å². The third-order valence-electron chi connectivity index (χ3n) is 4.19. The number of anilines is 1.